The predicted molar refractivity (Wildman–Crippen MR) is 84.9 cm³/mol. The molecule has 1 N–H and O–H groups in total. The summed E-state index contributed by atoms with van der Waals surface area (Å²) in [5.74, 6) is 1.27. The van der Waals surface area contributed by atoms with Crippen LogP contribution >= 0.6 is 11.6 Å². The van der Waals surface area contributed by atoms with E-state index in [0.29, 0.717) is 17.3 Å². The number of carbonyl (C=O) groups is 1. The lowest BCUT2D eigenvalue weighted by Crippen LogP contribution is -2.20. The molecule has 5 heteroatoms. The molecule has 0 bridgehead atoms. The lowest BCUT2D eigenvalue weighted by atomic mass is 10.2. The van der Waals surface area contributed by atoms with Crippen molar-refractivity contribution < 1.29 is 14.3 Å². The summed E-state index contributed by atoms with van der Waals surface area (Å²) in [6, 6.07) is 12.9. The molecule has 0 spiro atoms. The number of hydrogen-bond donors (Lipinski definition) is 1. The molecule has 2 aromatic rings. The Bertz CT molecular complexity index is 728. The molecule has 0 saturated heterocycles. The fourth-order valence-electron chi connectivity index (χ4n) is 2.08. The Kier molecular flexibility index (Phi) is 4.30. The van der Waals surface area contributed by atoms with E-state index in [1.807, 2.05) is 30.3 Å². The summed E-state index contributed by atoms with van der Waals surface area (Å²) in [5.41, 5.74) is 1.83. The van der Waals surface area contributed by atoms with Crippen LogP contribution in [0.25, 0.3) is 6.08 Å². The molecule has 22 heavy (non-hydrogen) atoms. The fourth-order valence-corrected chi connectivity index (χ4v) is 2.28. The van der Waals surface area contributed by atoms with Crippen molar-refractivity contribution in [3.63, 3.8) is 0 Å². The summed E-state index contributed by atoms with van der Waals surface area (Å²) in [6.45, 7) is 0.670. The van der Waals surface area contributed by atoms with Gasteiger partial charge in [-0.15, -0.1) is 0 Å². The Hall–Kier alpha value is -2.46. The molecule has 0 unspecified atom stereocenters. The van der Waals surface area contributed by atoms with Crippen LogP contribution in [0.15, 0.2) is 48.5 Å². The van der Waals surface area contributed by atoms with Gasteiger partial charge < -0.3 is 14.8 Å². The van der Waals surface area contributed by atoms with Crippen LogP contribution in [-0.4, -0.2) is 12.7 Å². The van der Waals surface area contributed by atoms with Crippen LogP contribution in [0.5, 0.6) is 11.5 Å². The minimum Gasteiger partial charge on any atom is -0.454 e. The molecule has 0 aliphatic carbocycles. The molecule has 0 fully saturated rings. The second kappa shape index (κ2) is 6.54. The first-order valence-electron chi connectivity index (χ1n) is 6.81. The van der Waals surface area contributed by atoms with Gasteiger partial charge in [0.25, 0.3) is 0 Å². The fraction of sp³-hybridized carbons (Fsp3) is 0.118. The Balaban J connectivity index is 1.56. The van der Waals surface area contributed by atoms with E-state index in [9.17, 15) is 4.79 Å². The molecule has 0 atom stereocenters. The van der Waals surface area contributed by atoms with E-state index in [0.717, 1.165) is 16.9 Å². The molecule has 1 heterocycles. The summed E-state index contributed by atoms with van der Waals surface area (Å²) in [5, 5.41) is 3.46. The van der Waals surface area contributed by atoms with E-state index in [4.69, 9.17) is 21.1 Å². The third kappa shape index (κ3) is 3.59. The highest BCUT2D eigenvalue weighted by molar-refractivity contribution is 6.30. The van der Waals surface area contributed by atoms with Crippen molar-refractivity contribution in [3.05, 3.63) is 64.7 Å². The van der Waals surface area contributed by atoms with Crippen molar-refractivity contribution in [2.75, 3.05) is 6.79 Å². The van der Waals surface area contributed by atoms with E-state index < -0.39 is 0 Å². The highest BCUT2D eigenvalue weighted by atomic mass is 35.5. The largest absolute Gasteiger partial charge is 0.454 e. The second-order valence-electron chi connectivity index (χ2n) is 4.79. The standard InChI is InChI=1S/C17H14ClNO3/c18-14-3-1-2-12(8-14)5-7-17(20)19-10-13-4-6-15-16(9-13)22-11-21-15/h1-9H,10-11H2,(H,19,20)/b7-5+. The van der Waals surface area contributed by atoms with E-state index in [2.05, 4.69) is 5.32 Å². The molecule has 0 aromatic heterocycles. The molecule has 0 radical (unpaired) electrons. The normalized spacial score (nSPS) is 12.6. The smallest absolute Gasteiger partial charge is 0.244 e. The highest BCUT2D eigenvalue weighted by Crippen LogP contribution is 2.32. The minimum absolute atomic E-state index is 0.169. The van der Waals surface area contributed by atoms with Crippen LogP contribution in [0.2, 0.25) is 5.02 Å². The molecule has 4 nitrogen and oxygen atoms in total. The van der Waals surface area contributed by atoms with Crippen LogP contribution in [0, 0.1) is 0 Å². The molecule has 2 aromatic carbocycles. The third-order valence-corrected chi connectivity index (χ3v) is 3.41. The van der Waals surface area contributed by atoms with Crippen molar-refractivity contribution in [1.29, 1.82) is 0 Å². The van der Waals surface area contributed by atoms with E-state index in [1.165, 1.54) is 6.08 Å². The number of benzene rings is 2. The maximum Gasteiger partial charge on any atom is 0.244 e. The zero-order valence-corrected chi connectivity index (χ0v) is 12.5. The van der Waals surface area contributed by atoms with Gasteiger partial charge in [-0.1, -0.05) is 29.8 Å². The van der Waals surface area contributed by atoms with Crippen molar-refractivity contribution in [1.82, 2.24) is 5.32 Å². The van der Waals surface area contributed by atoms with E-state index in [1.54, 1.807) is 18.2 Å². The van der Waals surface area contributed by atoms with Gasteiger partial charge in [0.15, 0.2) is 11.5 Å². The van der Waals surface area contributed by atoms with E-state index in [-0.39, 0.29) is 12.7 Å². The molecule has 3 rings (SSSR count). The first kappa shape index (κ1) is 14.5. The summed E-state index contributed by atoms with van der Waals surface area (Å²) in [7, 11) is 0. The Morgan fingerprint density at radius 1 is 1.18 bits per heavy atom. The number of nitrogens with one attached hydrogen (secondary N) is 1. The molecular formula is C17H14ClNO3. The summed E-state index contributed by atoms with van der Waals surface area (Å²) < 4.78 is 10.5. The third-order valence-electron chi connectivity index (χ3n) is 3.18. The van der Waals surface area contributed by atoms with Crippen LogP contribution in [0.1, 0.15) is 11.1 Å². The van der Waals surface area contributed by atoms with E-state index >= 15 is 0 Å². The van der Waals surface area contributed by atoms with Crippen molar-refractivity contribution in [2.45, 2.75) is 6.54 Å². The minimum atomic E-state index is -0.169. The molecule has 112 valence electrons. The van der Waals surface area contributed by atoms with Crippen LogP contribution in [-0.2, 0) is 11.3 Å². The highest BCUT2D eigenvalue weighted by Gasteiger charge is 2.13. The molecule has 1 aliphatic rings. The lowest BCUT2D eigenvalue weighted by molar-refractivity contribution is -0.116. The number of hydrogen-bond acceptors (Lipinski definition) is 3. The van der Waals surface area contributed by atoms with Crippen molar-refractivity contribution >= 4 is 23.6 Å². The number of halogens is 1. The maximum absolute atomic E-state index is 11.8. The average molecular weight is 316 g/mol. The lowest BCUT2D eigenvalue weighted by Gasteiger charge is -2.04. The molecule has 0 saturated carbocycles. The first-order chi connectivity index (χ1) is 10.7. The summed E-state index contributed by atoms with van der Waals surface area (Å²) in [6.07, 6.45) is 3.21. The van der Waals surface area contributed by atoms with Gasteiger partial charge in [-0.25, -0.2) is 0 Å². The Morgan fingerprint density at radius 2 is 2.05 bits per heavy atom. The first-order valence-corrected chi connectivity index (χ1v) is 7.18. The zero-order chi connectivity index (χ0) is 15.4. The average Bonchev–Trinajstić information content (AvgIpc) is 2.98. The zero-order valence-electron chi connectivity index (χ0n) is 11.7. The monoisotopic (exact) mass is 315 g/mol. The maximum atomic E-state index is 11.8. The van der Waals surface area contributed by atoms with Crippen LogP contribution in [0.4, 0.5) is 0 Å². The van der Waals surface area contributed by atoms with Crippen molar-refractivity contribution in [2.24, 2.45) is 0 Å². The molecular weight excluding hydrogens is 302 g/mol. The van der Waals surface area contributed by atoms with Gasteiger partial charge in [-0.2, -0.15) is 0 Å². The summed E-state index contributed by atoms with van der Waals surface area (Å²) >= 11 is 5.89. The van der Waals surface area contributed by atoms with Gasteiger partial charge in [0.05, 0.1) is 0 Å². The van der Waals surface area contributed by atoms with Gasteiger partial charge in [0.1, 0.15) is 0 Å². The van der Waals surface area contributed by atoms with Crippen molar-refractivity contribution in [3.8, 4) is 11.5 Å². The number of fused-ring (bicyclic) bond motifs is 1. The van der Waals surface area contributed by atoms with Crippen LogP contribution < -0.4 is 14.8 Å². The summed E-state index contributed by atoms with van der Waals surface area (Å²) in [4.78, 5) is 11.8. The Morgan fingerprint density at radius 3 is 2.91 bits per heavy atom. The van der Waals surface area contributed by atoms with Gasteiger partial charge >= 0.3 is 0 Å². The second-order valence-corrected chi connectivity index (χ2v) is 5.23. The van der Waals surface area contributed by atoms with Gasteiger partial charge in [0, 0.05) is 17.6 Å². The van der Waals surface area contributed by atoms with Gasteiger partial charge in [-0.05, 0) is 41.5 Å². The molecule has 1 aliphatic heterocycles. The molecule has 1 amide bonds. The Labute approximate surface area is 133 Å². The SMILES string of the molecule is O=C(/C=C/c1cccc(Cl)c1)NCc1ccc2c(c1)OCO2. The van der Waals surface area contributed by atoms with Crippen LogP contribution in [0.3, 0.4) is 0 Å². The number of rotatable bonds is 4. The quantitative estimate of drug-likeness (QED) is 0.880. The predicted octanol–water partition coefficient (Wildman–Crippen LogP) is 3.40. The number of amides is 1. The van der Waals surface area contributed by atoms with Gasteiger partial charge in [-0.3, -0.25) is 4.79 Å². The van der Waals surface area contributed by atoms with Gasteiger partial charge in [0.2, 0.25) is 12.7 Å². The topological polar surface area (TPSA) is 47.6 Å². The number of ether oxygens (including phenoxy) is 2. The number of carbonyl (C=O) groups excluding carboxylic acids is 1.